The van der Waals surface area contributed by atoms with Gasteiger partial charge in [0.05, 0.1) is 4.90 Å². The third kappa shape index (κ3) is 5.64. The van der Waals surface area contributed by atoms with Gasteiger partial charge in [0.1, 0.15) is 17.2 Å². The van der Waals surface area contributed by atoms with Gasteiger partial charge in [0.25, 0.3) is 0 Å². The summed E-state index contributed by atoms with van der Waals surface area (Å²) in [5.74, 6) is -1.67. The summed E-state index contributed by atoms with van der Waals surface area (Å²) in [5.41, 5.74) is 1.47. The first-order chi connectivity index (χ1) is 16.6. The number of carboxylic acids is 1. The highest BCUT2D eigenvalue weighted by Crippen LogP contribution is 2.32. The van der Waals surface area contributed by atoms with Gasteiger partial charge in [-0.3, -0.25) is 4.79 Å². The van der Waals surface area contributed by atoms with Crippen LogP contribution in [0.15, 0.2) is 63.2 Å². The van der Waals surface area contributed by atoms with E-state index in [0.717, 1.165) is 6.42 Å². The first-order valence-electron chi connectivity index (χ1n) is 10.9. The van der Waals surface area contributed by atoms with E-state index < -0.39 is 28.0 Å². The number of rotatable bonds is 9. The first kappa shape index (κ1) is 24.7. The largest absolute Gasteiger partial charge is 0.480 e. The Kier molecular flexibility index (Phi) is 7.10. The van der Waals surface area contributed by atoms with Crippen LogP contribution >= 0.6 is 11.3 Å². The number of nitrogens with one attached hydrogen (secondary N) is 3. The minimum absolute atomic E-state index is 0.0630. The predicted molar refractivity (Wildman–Crippen MR) is 135 cm³/mol. The molecule has 2 aromatic carbocycles. The number of carbonyl (C=O) groups is 2. The number of hydrogen-bond acceptors (Lipinski definition) is 6. The fourth-order valence-corrected chi connectivity index (χ4v) is 5.71. The fraction of sp³-hybridized carbons (Fsp3) is 0.250. The molecule has 0 saturated heterocycles. The van der Waals surface area contributed by atoms with Crippen molar-refractivity contribution in [3.8, 4) is 0 Å². The lowest BCUT2D eigenvalue weighted by Crippen LogP contribution is -2.44. The van der Waals surface area contributed by atoms with Crippen LogP contribution in [0.2, 0.25) is 0 Å². The predicted octanol–water partition coefficient (Wildman–Crippen LogP) is 4.40. The minimum Gasteiger partial charge on any atom is -0.480 e. The maximum atomic E-state index is 12.8. The van der Waals surface area contributed by atoms with Gasteiger partial charge in [-0.25, -0.2) is 13.2 Å². The fourth-order valence-electron chi connectivity index (χ4n) is 3.64. The summed E-state index contributed by atoms with van der Waals surface area (Å²) in [5, 5.41) is 18.1. The number of sulfonamides is 1. The van der Waals surface area contributed by atoms with E-state index in [1.807, 2.05) is 17.5 Å². The second-order valence-corrected chi connectivity index (χ2v) is 11.1. The standard InChI is InChI=1S/C24H25N3O6S2/c1-14(2)22(23(28)29)27-35(31,32)17-6-8-20-19(13-17)18-7-5-15(12-21(18)33-20)26-24(30)25-10-9-16-4-3-11-34-16/h3-8,11-14,22,27H,9-10H2,1-2H3,(H,28,29)(H2,25,26,30)/t22-/m1/s1. The molecule has 2 amide bonds. The third-order valence-electron chi connectivity index (χ3n) is 5.46. The van der Waals surface area contributed by atoms with Gasteiger partial charge in [0.2, 0.25) is 10.0 Å². The van der Waals surface area contributed by atoms with Gasteiger partial charge in [-0.2, -0.15) is 4.72 Å². The van der Waals surface area contributed by atoms with Crippen molar-refractivity contribution in [1.29, 1.82) is 0 Å². The lowest BCUT2D eigenvalue weighted by molar-refractivity contribution is -0.140. The lowest BCUT2D eigenvalue weighted by Gasteiger charge is -2.17. The molecule has 0 spiro atoms. The number of anilines is 1. The SMILES string of the molecule is CC(C)[C@@H](NS(=O)(=O)c1ccc2oc3cc(NC(=O)NCCc4cccs4)ccc3c2c1)C(=O)O. The summed E-state index contributed by atoms with van der Waals surface area (Å²) in [7, 11) is -4.07. The third-order valence-corrected chi connectivity index (χ3v) is 7.84. The number of benzene rings is 2. The molecule has 2 heterocycles. The van der Waals surface area contributed by atoms with Crippen LogP contribution in [-0.4, -0.2) is 38.1 Å². The molecule has 1 atom stereocenters. The van der Waals surface area contributed by atoms with Crippen LogP contribution in [0.4, 0.5) is 10.5 Å². The van der Waals surface area contributed by atoms with E-state index in [-0.39, 0.29) is 10.9 Å². The Morgan fingerprint density at radius 1 is 1.06 bits per heavy atom. The first-order valence-corrected chi connectivity index (χ1v) is 13.3. The van der Waals surface area contributed by atoms with Crippen LogP contribution in [0.1, 0.15) is 18.7 Å². The molecular weight excluding hydrogens is 490 g/mol. The Labute approximate surface area is 206 Å². The number of carbonyl (C=O) groups excluding carboxylic acids is 1. The van der Waals surface area contributed by atoms with Crippen molar-refractivity contribution in [2.75, 3.05) is 11.9 Å². The number of fused-ring (bicyclic) bond motifs is 3. The molecule has 2 aromatic heterocycles. The average Bonchev–Trinajstić information content (AvgIpc) is 3.44. The lowest BCUT2D eigenvalue weighted by atomic mass is 10.1. The quantitative estimate of drug-likeness (QED) is 0.261. The van der Waals surface area contributed by atoms with Crippen molar-refractivity contribution >= 4 is 61.0 Å². The van der Waals surface area contributed by atoms with Crippen molar-refractivity contribution in [3.05, 3.63) is 58.8 Å². The van der Waals surface area contributed by atoms with E-state index in [1.165, 1.54) is 23.1 Å². The molecule has 0 bridgehead atoms. The molecule has 0 aliphatic heterocycles. The summed E-state index contributed by atoms with van der Waals surface area (Å²) >= 11 is 1.64. The summed E-state index contributed by atoms with van der Waals surface area (Å²) < 4.78 is 33.8. The second-order valence-electron chi connectivity index (χ2n) is 8.36. The zero-order valence-corrected chi connectivity index (χ0v) is 20.7. The van der Waals surface area contributed by atoms with Crippen LogP contribution in [0.25, 0.3) is 21.9 Å². The Morgan fingerprint density at radius 2 is 1.86 bits per heavy atom. The highest BCUT2D eigenvalue weighted by atomic mass is 32.2. The van der Waals surface area contributed by atoms with E-state index in [2.05, 4.69) is 15.4 Å². The Balaban J connectivity index is 1.52. The molecule has 11 heteroatoms. The summed E-state index contributed by atoms with van der Waals surface area (Å²) in [6.45, 7) is 3.76. The molecule has 0 unspecified atom stereocenters. The van der Waals surface area contributed by atoms with Gasteiger partial charge in [0, 0.05) is 33.9 Å². The van der Waals surface area contributed by atoms with Crippen LogP contribution in [0, 0.1) is 5.92 Å². The number of thiophene rings is 1. The van der Waals surface area contributed by atoms with Crippen molar-refractivity contribution < 1.29 is 27.5 Å². The number of hydrogen-bond donors (Lipinski definition) is 4. The van der Waals surface area contributed by atoms with E-state index in [4.69, 9.17) is 4.42 Å². The Bertz CT molecular complexity index is 1480. The van der Waals surface area contributed by atoms with Crippen LogP contribution in [-0.2, 0) is 21.2 Å². The molecule has 35 heavy (non-hydrogen) atoms. The van der Waals surface area contributed by atoms with Crippen molar-refractivity contribution in [2.45, 2.75) is 31.2 Å². The number of urea groups is 1. The van der Waals surface area contributed by atoms with E-state index in [0.29, 0.717) is 34.2 Å². The zero-order chi connectivity index (χ0) is 25.2. The molecule has 0 aliphatic rings. The van der Waals surface area contributed by atoms with Gasteiger partial charge in [0.15, 0.2) is 0 Å². The number of amides is 2. The highest BCUT2D eigenvalue weighted by molar-refractivity contribution is 7.89. The van der Waals surface area contributed by atoms with Crippen LogP contribution in [0.5, 0.6) is 0 Å². The summed E-state index contributed by atoms with van der Waals surface area (Å²) in [4.78, 5) is 24.8. The normalized spacial score (nSPS) is 12.8. The smallest absolute Gasteiger partial charge is 0.322 e. The molecule has 0 fully saturated rings. The molecular formula is C24H25N3O6S2. The van der Waals surface area contributed by atoms with E-state index in [1.54, 1.807) is 43.4 Å². The van der Waals surface area contributed by atoms with Crippen LogP contribution < -0.4 is 15.4 Å². The van der Waals surface area contributed by atoms with E-state index in [9.17, 15) is 23.1 Å². The van der Waals surface area contributed by atoms with Gasteiger partial charge in [-0.1, -0.05) is 19.9 Å². The Morgan fingerprint density at radius 3 is 2.54 bits per heavy atom. The molecule has 9 nitrogen and oxygen atoms in total. The minimum atomic E-state index is -4.07. The van der Waals surface area contributed by atoms with Crippen molar-refractivity contribution in [1.82, 2.24) is 10.0 Å². The van der Waals surface area contributed by atoms with Crippen molar-refractivity contribution in [3.63, 3.8) is 0 Å². The highest BCUT2D eigenvalue weighted by Gasteiger charge is 2.28. The number of carboxylic acid groups (broad SMARTS) is 1. The topological polar surface area (TPSA) is 138 Å². The molecule has 0 radical (unpaired) electrons. The molecule has 0 aliphatic carbocycles. The van der Waals surface area contributed by atoms with Gasteiger partial charge in [-0.05, 0) is 54.1 Å². The van der Waals surface area contributed by atoms with Gasteiger partial charge < -0.3 is 20.2 Å². The maximum Gasteiger partial charge on any atom is 0.322 e. The number of aliphatic carboxylic acids is 1. The summed E-state index contributed by atoms with van der Waals surface area (Å²) in [6.07, 6.45) is 0.748. The van der Waals surface area contributed by atoms with Crippen LogP contribution in [0.3, 0.4) is 0 Å². The monoisotopic (exact) mass is 515 g/mol. The molecule has 184 valence electrons. The molecule has 4 N–H and O–H groups in total. The van der Waals surface area contributed by atoms with Gasteiger partial charge in [-0.15, -0.1) is 11.3 Å². The van der Waals surface area contributed by atoms with E-state index >= 15 is 0 Å². The zero-order valence-electron chi connectivity index (χ0n) is 19.1. The maximum absolute atomic E-state index is 12.8. The number of furan rings is 1. The second kappa shape index (κ2) is 10.1. The molecule has 4 rings (SSSR count). The summed E-state index contributed by atoms with van der Waals surface area (Å²) in [6, 6.07) is 11.8. The Hall–Kier alpha value is -3.41. The van der Waals surface area contributed by atoms with Gasteiger partial charge >= 0.3 is 12.0 Å². The molecule has 4 aromatic rings. The average molecular weight is 516 g/mol. The molecule has 0 saturated carbocycles. The van der Waals surface area contributed by atoms with Crippen molar-refractivity contribution in [2.24, 2.45) is 5.92 Å².